The summed E-state index contributed by atoms with van der Waals surface area (Å²) in [4.78, 5) is 2.38. The third-order valence-electron chi connectivity index (χ3n) is 3.26. The molecule has 0 amide bonds. The lowest BCUT2D eigenvalue weighted by atomic mass is 10.2. The minimum Gasteiger partial charge on any atom is -0.468 e. The van der Waals surface area contributed by atoms with Gasteiger partial charge >= 0.3 is 0 Å². The molecule has 3 nitrogen and oxygen atoms in total. The minimum absolute atomic E-state index is 0.464. The van der Waals surface area contributed by atoms with Crippen LogP contribution in [0.25, 0.3) is 0 Å². The molecule has 0 aliphatic heterocycles. The van der Waals surface area contributed by atoms with Crippen LogP contribution in [0.4, 0.5) is 0 Å². The first-order chi connectivity index (χ1) is 9.19. The summed E-state index contributed by atoms with van der Waals surface area (Å²) in [6, 6.07) is 13.0. The fraction of sp³-hybridized carbons (Fsp3) is 0.375. The van der Waals surface area contributed by atoms with Crippen LogP contribution in [0.2, 0.25) is 0 Å². The average molecular weight is 258 g/mol. The van der Waals surface area contributed by atoms with E-state index < -0.39 is 0 Å². The quantitative estimate of drug-likeness (QED) is 0.865. The Kier molecular flexibility index (Phi) is 4.77. The van der Waals surface area contributed by atoms with Gasteiger partial charge in [0, 0.05) is 24.7 Å². The van der Waals surface area contributed by atoms with Gasteiger partial charge in [-0.3, -0.25) is 4.90 Å². The lowest BCUT2D eigenvalue weighted by molar-refractivity contribution is 0.188. The summed E-state index contributed by atoms with van der Waals surface area (Å²) >= 11 is 0. The molecule has 0 unspecified atom stereocenters. The Balaban J connectivity index is 2.04. The molecule has 0 radical (unpaired) electrons. The van der Waals surface area contributed by atoms with Gasteiger partial charge in [-0.15, -0.1) is 0 Å². The molecule has 0 fully saturated rings. The normalized spacial score (nSPS) is 11.4. The van der Waals surface area contributed by atoms with Crippen LogP contribution in [-0.2, 0) is 19.6 Å². The first-order valence-corrected chi connectivity index (χ1v) is 6.73. The molecule has 0 saturated carbocycles. The molecule has 2 rings (SSSR count). The molecule has 0 aliphatic carbocycles. The first-order valence-electron chi connectivity index (χ1n) is 6.73. The maximum Gasteiger partial charge on any atom is 0.118 e. The topological polar surface area (TPSA) is 42.4 Å². The van der Waals surface area contributed by atoms with Crippen LogP contribution in [0.1, 0.15) is 30.7 Å². The second-order valence-corrected chi connectivity index (χ2v) is 5.11. The summed E-state index contributed by atoms with van der Waals surface area (Å²) in [5, 5.41) is 0. The van der Waals surface area contributed by atoms with E-state index in [0.717, 1.165) is 24.4 Å². The minimum atomic E-state index is 0.464. The van der Waals surface area contributed by atoms with E-state index >= 15 is 0 Å². The lowest BCUT2D eigenvalue weighted by Gasteiger charge is -2.25. The van der Waals surface area contributed by atoms with Crippen molar-refractivity contribution in [1.29, 1.82) is 0 Å². The molecule has 0 bridgehead atoms. The Labute approximate surface area is 115 Å². The Morgan fingerprint density at radius 1 is 1.11 bits per heavy atom. The zero-order valence-electron chi connectivity index (χ0n) is 11.7. The molecule has 3 heteroatoms. The predicted molar refractivity (Wildman–Crippen MR) is 77.4 cm³/mol. The van der Waals surface area contributed by atoms with Gasteiger partial charge in [0.2, 0.25) is 0 Å². The molecule has 19 heavy (non-hydrogen) atoms. The highest BCUT2D eigenvalue weighted by molar-refractivity contribution is 5.16. The predicted octanol–water partition coefficient (Wildman–Crippen LogP) is 3.15. The fourth-order valence-corrected chi connectivity index (χ4v) is 2.06. The van der Waals surface area contributed by atoms with Crippen LogP contribution in [0.15, 0.2) is 47.1 Å². The summed E-state index contributed by atoms with van der Waals surface area (Å²) < 4.78 is 5.55. The third kappa shape index (κ3) is 3.94. The van der Waals surface area contributed by atoms with Gasteiger partial charge < -0.3 is 10.2 Å². The smallest absolute Gasteiger partial charge is 0.118 e. The van der Waals surface area contributed by atoms with Gasteiger partial charge in [-0.1, -0.05) is 30.3 Å². The number of rotatable bonds is 6. The summed E-state index contributed by atoms with van der Waals surface area (Å²) in [6.45, 7) is 6.68. The van der Waals surface area contributed by atoms with Crippen LogP contribution in [-0.4, -0.2) is 10.9 Å². The Hall–Kier alpha value is -1.58. The molecular weight excluding hydrogens is 236 g/mol. The van der Waals surface area contributed by atoms with Crippen molar-refractivity contribution < 1.29 is 4.42 Å². The number of nitrogens with zero attached hydrogens (tertiary/aromatic N) is 1. The fourth-order valence-electron chi connectivity index (χ4n) is 2.06. The van der Waals surface area contributed by atoms with E-state index in [9.17, 15) is 0 Å². The average Bonchev–Trinajstić information content (AvgIpc) is 2.87. The van der Waals surface area contributed by atoms with E-state index in [2.05, 4.69) is 43.0 Å². The molecule has 102 valence electrons. The van der Waals surface area contributed by atoms with Crippen molar-refractivity contribution in [1.82, 2.24) is 4.90 Å². The van der Waals surface area contributed by atoms with Gasteiger partial charge in [0.25, 0.3) is 0 Å². The van der Waals surface area contributed by atoms with E-state index in [0.29, 0.717) is 12.6 Å². The Bertz CT molecular complexity index is 490. The first kappa shape index (κ1) is 13.8. The van der Waals surface area contributed by atoms with Gasteiger partial charge in [-0.05, 0) is 25.5 Å². The van der Waals surface area contributed by atoms with Crippen LogP contribution in [0.3, 0.4) is 0 Å². The molecule has 0 aliphatic rings. The second-order valence-electron chi connectivity index (χ2n) is 5.11. The van der Waals surface area contributed by atoms with E-state index in [1.807, 2.05) is 12.1 Å². The second kappa shape index (κ2) is 6.55. The molecule has 2 aromatic rings. The van der Waals surface area contributed by atoms with Gasteiger partial charge in [-0.2, -0.15) is 0 Å². The zero-order valence-corrected chi connectivity index (χ0v) is 11.7. The number of benzene rings is 1. The van der Waals surface area contributed by atoms with Crippen molar-refractivity contribution in [2.75, 3.05) is 0 Å². The van der Waals surface area contributed by atoms with E-state index in [-0.39, 0.29) is 0 Å². The largest absolute Gasteiger partial charge is 0.468 e. The number of hydrogen-bond acceptors (Lipinski definition) is 3. The van der Waals surface area contributed by atoms with Crippen molar-refractivity contribution >= 4 is 0 Å². The van der Waals surface area contributed by atoms with E-state index in [4.69, 9.17) is 10.2 Å². The van der Waals surface area contributed by atoms with Crippen molar-refractivity contribution in [3.63, 3.8) is 0 Å². The monoisotopic (exact) mass is 258 g/mol. The van der Waals surface area contributed by atoms with Gasteiger partial charge in [0.15, 0.2) is 0 Å². The standard InChI is InChI=1S/C16H22N2O/c1-13(2)18(10-14-6-4-3-5-7-14)11-16-8-15(9-17)12-19-16/h3-8,12-13H,9-11,17H2,1-2H3. The summed E-state index contributed by atoms with van der Waals surface area (Å²) in [5.41, 5.74) is 7.98. The van der Waals surface area contributed by atoms with Gasteiger partial charge in [0.1, 0.15) is 5.76 Å². The van der Waals surface area contributed by atoms with Crippen molar-refractivity contribution in [3.05, 3.63) is 59.5 Å². The number of furan rings is 1. The maximum atomic E-state index is 5.60. The molecule has 1 aromatic carbocycles. The Morgan fingerprint density at radius 2 is 1.84 bits per heavy atom. The van der Waals surface area contributed by atoms with Crippen molar-refractivity contribution in [2.24, 2.45) is 5.73 Å². The molecule has 2 N–H and O–H groups in total. The highest BCUT2D eigenvalue weighted by Crippen LogP contribution is 2.15. The van der Waals surface area contributed by atoms with Gasteiger partial charge in [-0.25, -0.2) is 0 Å². The van der Waals surface area contributed by atoms with Crippen LogP contribution in [0, 0.1) is 0 Å². The molecule has 1 heterocycles. The molecular formula is C16H22N2O. The lowest BCUT2D eigenvalue weighted by Crippen LogP contribution is -2.29. The Morgan fingerprint density at radius 3 is 2.42 bits per heavy atom. The van der Waals surface area contributed by atoms with Crippen LogP contribution >= 0.6 is 0 Å². The number of nitrogens with two attached hydrogens (primary N) is 1. The highest BCUT2D eigenvalue weighted by atomic mass is 16.3. The molecule has 1 aromatic heterocycles. The van der Waals surface area contributed by atoms with Crippen LogP contribution < -0.4 is 5.73 Å². The van der Waals surface area contributed by atoms with Crippen LogP contribution in [0.5, 0.6) is 0 Å². The summed E-state index contributed by atoms with van der Waals surface area (Å²) in [7, 11) is 0. The number of hydrogen-bond donors (Lipinski definition) is 1. The molecule has 0 spiro atoms. The maximum absolute atomic E-state index is 5.60. The summed E-state index contributed by atoms with van der Waals surface area (Å²) in [6.07, 6.45) is 1.75. The molecule has 0 saturated heterocycles. The third-order valence-corrected chi connectivity index (χ3v) is 3.26. The zero-order chi connectivity index (χ0) is 13.7. The van der Waals surface area contributed by atoms with E-state index in [1.54, 1.807) is 6.26 Å². The van der Waals surface area contributed by atoms with Crippen molar-refractivity contribution in [2.45, 2.75) is 39.5 Å². The highest BCUT2D eigenvalue weighted by Gasteiger charge is 2.13. The SMILES string of the molecule is CC(C)N(Cc1ccccc1)Cc1cc(CN)co1. The molecule has 0 atom stereocenters. The van der Waals surface area contributed by atoms with Gasteiger partial charge in [0.05, 0.1) is 12.8 Å². The summed E-state index contributed by atoms with van der Waals surface area (Å²) in [5.74, 6) is 0.977. The van der Waals surface area contributed by atoms with Crippen molar-refractivity contribution in [3.8, 4) is 0 Å². The van der Waals surface area contributed by atoms with E-state index in [1.165, 1.54) is 5.56 Å².